The third kappa shape index (κ3) is 4.87. The Balaban J connectivity index is 1.89. The molecule has 25 heavy (non-hydrogen) atoms. The summed E-state index contributed by atoms with van der Waals surface area (Å²) in [6.07, 6.45) is 0. The number of nitriles is 1. The lowest BCUT2D eigenvalue weighted by Crippen LogP contribution is -2.54. The first-order valence-electron chi connectivity index (χ1n) is 8.71. The van der Waals surface area contributed by atoms with Crippen molar-refractivity contribution < 1.29 is 4.79 Å². The molecular weight excluding hydrogens is 336 g/mol. The van der Waals surface area contributed by atoms with Gasteiger partial charge in [0.1, 0.15) is 5.54 Å². The highest BCUT2D eigenvalue weighted by Gasteiger charge is 2.30. The van der Waals surface area contributed by atoms with Crippen molar-refractivity contribution in [1.29, 1.82) is 5.26 Å². The number of amides is 1. The van der Waals surface area contributed by atoms with Gasteiger partial charge in [-0.15, -0.1) is 0 Å². The summed E-state index contributed by atoms with van der Waals surface area (Å²) in [5.74, 6) is -0.0331. The molecule has 1 atom stereocenters. The molecule has 136 valence electrons. The number of benzene rings is 1. The average molecular weight is 363 g/mol. The van der Waals surface area contributed by atoms with Crippen LogP contribution in [0.4, 0.5) is 5.69 Å². The van der Waals surface area contributed by atoms with Gasteiger partial charge in [-0.2, -0.15) is 5.26 Å². The second kappa shape index (κ2) is 8.07. The fourth-order valence-electron chi connectivity index (χ4n) is 2.90. The van der Waals surface area contributed by atoms with E-state index in [1.165, 1.54) is 5.56 Å². The molecule has 1 fully saturated rings. The van der Waals surface area contributed by atoms with Gasteiger partial charge in [-0.05, 0) is 37.5 Å². The van der Waals surface area contributed by atoms with E-state index in [4.69, 9.17) is 11.6 Å². The van der Waals surface area contributed by atoms with Crippen molar-refractivity contribution in [2.45, 2.75) is 33.2 Å². The number of carbonyl (C=O) groups excluding carboxylic acids is 1. The van der Waals surface area contributed by atoms with E-state index in [2.05, 4.69) is 28.1 Å². The van der Waals surface area contributed by atoms with E-state index in [0.717, 1.165) is 36.9 Å². The largest absolute Gasteiger partial charge is 0.369 e. The van der Waals surface area contributed by atoms with Crippen molar-refractivity contribution in [3.63, 3.8) is 0 Å². The highest BCUT2D eigenvalue weighted by molar-refractivity contribution is 6.30. The number of anilines is 1. The maximum Gasteiger partial charge on any atom is 0.235 e. The van der Waals surface area contributed by atoms with Gasteiger partial charge in [-0.1, -0.05) is 31.5 Å². The number of rotatable bonds is 5. The summed E-state index contributed by atoms with van der Waals surface area (Å²) in [4.78, 5) is 16.7. The molecule has 0 radical (unpaired) electrons. The van der Waals surface area contributed by atoms with Gasteiger partial charge in [0.2, 0.25) is 5.91 Å². The molecule has 0 unspecified atom stereocenters. The maximum atomic E-state index is 12.3. The van der Waals surface area contributed by atoms with Gasteiger partial charge in [-0.3, -0.25) is 9.69 Å². The summed E-state index contributed by atoms with van der Waals surface area (Å²) in [5, 5.41) is 12.9. The first-order chi connectivity index (χ1) is 11.7. The van der Waals surface area contributed by atoms with Gasteiger partial charge in [0.15, 0.2) is 0 Å². The van der Waals surface area contributed by atoms with Gasteiger partial charge in [0.05, 0.1) is 12.6 Å². The quantitative estimate of drug-likeness (QED) is 0.875. The third-order valence-corrected chi connectivity index (χ3v) is 5.27. The summed E-state index contributed by atoms with van der Waals surface area (Å²) in [6, 6.07) is 8.15. The SMILES string of the molecule is Cc1ccc(Cl)cc1N1CCN(CC(=O)N[C@@](C)(C#N)C(C)C)CC1. The highest BCUT2D eigenvalue weighted by atomic mass is 35.5. The first kappa shape index (κ1) is 19.6. The Bertz CT molecular complexity index is 662. The van der Waals surface area contributed by atoms with E-state index in [1.54, 1.807) is 6.92 Å². The van der Waals surface area contributed by atoms with Crippen LogP contribution in [0.5, 0.6) is 0 Å². The van der Waals surface area contributed by atoms with E-state index in [0.29, 0.717) is 6.54 Å². The number of hydrogen-bond donors (Lipinski definition) is 1. The Morgan fingerprint density at radius 1 is 1.36 bits per heavy atom. The summed E-state index contributed by atoms with van der Waals surface area (Å²) in [6.45, 7) is 11.4. The Hall–Kier alpha value is -1.77. The summed E-state index contributed by atoms with van der Waals surface area (Å²) < 4.78 is 0. The fourth-order valence-corrected chi connectivity index (χ4v) is 3.07. The monoisotopic (exact) mass is 362 g/mol. The molecule has 0 bridgehead atoms. The molecule has 6 heteroatoms. The molecule has 1 aromatic rings. The van der Waals surface area contributed by atoms with Crippen LogP contribution in [0, 0.1) is 24.2 Å². The first-order valence-corrected chi connectivity index (χ1v) is 9.08. The minimum Gasteiger partial charge on any atom is -0.369 e. The van der Waals surface area contributed by atoms with Gasteiger partial charge >= 0.3 is 0 Å². The fraction of sp³-hybridized carbons (Fsp3) is 0.579. The van der Waals surface area contributed by atoms with E-state index in [-0.39, 0.29) is 11.8 Å². The van der Waals surface area contributed by atoms with E-state index >= 15 is 0 Å². The normalized spacial score (nSPS) is 17.9. The summed E-state index contributed by atoms with van der Waals surface area (Å²) in [5.41, 5.74) is 1.54. The minimum absolute atomic E-state index is 0.0594. The molecule has 0 spiro atoms. The van der Waals surface area contributed by atoms with Crippen molar-refractivity contribution in [2.24, 2.45) is 5.92 Å². The zero-order valence-corrected chi connectivity index (χ0v) is 16.2. The van der Waals surface area contributed by atoms with Crippen molar-refractivity contribution in [3.05, 3.63) is 28.8 Å². The molecule has 1 saturated heterocycles. The predicted molar refractivity (Wildman–Crippen MR) is 102 cm³/mol. The molecule has 1 aliphatic heterocycles. The lowest BCUT2D eigenvalue weighted by atomic mass is 9.90. The number of hydrogen-bond acceptors (Lipinski definition) is 4. The van der Waals surface area contributed by atoms with Gasteiger partial charge in [-0.25, -0.2) is 0 Å². The number of nitrogens with one attached hydrogen (secondary N) is 1. The number of aryl methyl sites for hydroxylation is 1. The van der Waals surface area contributed by atoms with E-state index in [1.807, 2.05) is 32.0 Å². The molecule has 1 amide bonds. The zero-order valence-electron chi connectivity index (χ0n) is 15.5. The summed E-state index contributed by atoms with van der Waals surface area (Å²) >= 11 is 6.12. The van der Waals surface area contributed by atoms with E-state index in [9.17, 15) is 10.1 Å². The lowest BCUT2D eigenvalue weighted by molar-refractivity contribution is -0.124. The number of halogens is 1. The second-order valence-electron chi connectivity index (χ2n) is 7.21. The molecule has 5 nitrogen and oxygen atoms in total. The topological polar surface area (TPSA) is 59.4 Å². The van der Waals surface area contributed by atoms with Gasteiger partial charge in [0, 0.05) is 36.9 Å². The Labute approximate surface area is 155 Å². The van der Waals surface area contributed by atoms with Crippen LogP contribution in [-0.4, -0.2) is 49.1 Å². The zero-order chi connectivity index (χ0) is 18.6. The molecule has 2 rings (SSSR count). The average Bonchev–Trinajstić information content (AvgIpc) is 2.57. The van der Waals surface area contributed by atoms with Crippen LogP contribution >= 0.6 is 11.6 Å². The van der Waals surface area contributed by atoms with Crippen LogP contribution in [0.15, 0.2) is 18.2 Å². The van der Waals surface area contributed by atoms with Crippen LogP contribution in [0.2, 0.25) is 5.02 Å². The van der Waals surface area contributed by atoms with Crippen molar-refractivity contribution >= 4 is 23.2 Å². The summed E-state index contributed by atoms with van der Waals surface area (Å²) in [7, 11) is 0. The van der Waals surface area contributed by atoms with Crippen LogP contribution < -0.4 is 10.2 Å². The minimum atomic E-state index is -0.823. The highest BCUT2D eigenvalue weighted by Crippen LogP contribution is 2.25. The third-order valence-electron chi connectivity index (χ3n) is 5.04. The molecule has 1 aliphatic rings. The number of carbonyl (C=O) groups is 1. The van der Waals surface area contributed by atoms with Crippen LogP contribution in [0.1, 0.15) is 26.3 Å². The van der Waals surface area contributed by atoms with E-state index < -0.39 is 5.54 Å². The molecular formula is C19H27ClN4O. The molecule has 0 aromatic heterocycles. The smallest absolute Gasteiger partial charge is 0.235 e. The number of piperazine rings is 1. The van der Waals surface area contributed by atoms with Crippen LogP contribution in [-0.2, 0) is 4.79 Å². The number of nitrogens with zero attached hydrogens (tertiary/aromatic N) is 3. The lowest BCUT2D eigenvalue weighted by Gasteiger charge is -2.37. The standard InChI is InChI=1S/C19H27ClN4O/c1-14(2)19(4,13-21)22-18(25)12-23-7-9-24(10-8-23)17-11-16(20)6-5-15(17)3/h5-6,11,14H,7-10,12H2,1-4H3,(H,22,25)/t19-/m0/s1. The van der Waals surface area contributed by atoms with Crippen LogP contribution in [0.3, 0.4) is 0 Å². The maximum absolute atomic E-state index is 12.3. The predicted octanol–water partition coefficient (Wildman–Crippen LogP) is 2.82. The second-order valence-corrected chi connectivity index (χ2v) is 7.65. The molecule has 1 N–H and O–H groups in total. The Kier molecular flexibility index (Phi) is 6.31. The Morgan fingerprint density at radius 2 is 2.00 bits per heavy atom. The Morgan fingerprint density at radius 3 is 2.56 bits per heavy atom. The van der Waals surface area contributed by atoms with Crippen LogP contribution in [0.25, 0.3) is 0 Å². The molecule has 0 saturated carbocycles. The molecule has 0 aliphatic carbocycles. The van der Waals surface area contributed by atoms with Crippen molar-refractivity contribution in [1.82, 2.24) is 10.2 Å². The molecule has 1 aromatic carbocycles. The van der Waals surface area contributed by atoms with Crippen molar-refractivity contribution in [3.8, 4) is 6.07 Å². The van der Waals surface area contributed by atoms with Crippen molar-refractivity contribution in [2.75, 3.05) is 37.6 Å². The van der Waals surface area contributed by atoms with Gasteiger partial charge < -0.3 is 10.2 Å². The molecule has 1 heterocycles. The van der Waals surface area contributed by atoms with Gasteiger partial charge in [0.25, 0.3) is 0 Å².